The first-order chi connectivity index (χ1) is 9.97. The number of hydrogen-bond acceptors (Lipinski definition) is 2. The van der Waals surface area contributed by atoms with Crippen molar-refractivity contribution in [2.45, 2.75) is 56.0 Å². The molecule has 3 rings (SSSR count). The third-order valence-electron chi connectivity index (χ3n) is 5.72. The Kier molecular flexibility index (Phi) is 4.06. The summed E-state index contributed by atoms with van der Waals surface area (Å²) in [7, 11) is 4.22. The third kappa shape index (κ3) is 2.52. The lowest BCUT2D eigenvalue weighted by molar-refractivity contribution is -0.0887. The highest BCUT2D eigenvalue weighted by molar-refractivity contribution is 6.30. The van der Waals surface area contributed by atoms with Crippen LogP contribution in [-0.2, 0) is 11.8 Å². The summed E-state index contributed by atoms with van der Waals surface area (Å²) < 4.78 is 0. The maximum atomic E-state index is 11.4. The van der Waals surface area contributed by atoms with Gasteiger partial charge in [0.25, 0.3) is 0 Å². The van der Waals surface area contributed by atoms with Gasteiger partial charge in [0.15, 0.2) is 0 Å². The minimum atomic E-state index is -0.543. The normalized spacial score (nSPS) is 31.9. The van der Waals surface area contributed by atoms with E-state index in [4.69, 9.17) is 11.6 Å². The number of aliphatic hydroxyl groups is 1. The highest BCUT2D eigenvalue weighted by Crippen LogP contribution is 2.55. The molecule has 0 aliphatic heterocycles. The number of halogens is 1. The smallest absolute Gasteiger partial charge is 0.0747 e. The Labute approximate surface area is 133 Å². The average molecular weight is 308 g/mol. The summed E-state index contributed by atoms with van der Waals surface area (Å²) in [6.45, 7) is 1.01. The van der Waals surface area contributed by atoms with Gasteiger partial charge in [0.05, 0.1) is 5.60 Å². The van der Waals surface area contributed by atoms with Gasteiger partial charge >= 0.3 is 0 Å². The second-order valence-corrected chi connectivity index (χ2v) is 7.61. The van der Waals surface area contributed by atoms with Crippen molar-refractivity contribution in [1.29, 1.82) is 0 Å². The summed E-state index contributed by atoms with van der Waals surface area (Å²) >= 11 is 6.29. The quantitative estimate of drug-likeness (QED) is 0.918. The van der Waals surface area contributed by atoms with Crippen LogP contribution in [0.15, 0.2) is 18.2 Å². The second-order valence-electron chi connectivity index (χ2n) is 7.18. The SMILES string of the molecule is CN(C)CCC12CCCCC1(O)CCc1ccc(Cl)cc12. The highest BCUT2D eigenvalue weighted by Gasteiger charge is 2.54. The van der Waals surface area contributed by atoms with E-state index in [1.54, 1.807) is 0 Å². The summed E-state index contributed by atoms with van der Waals surface area (Å²) in [6.07, 6.45) is 7.28. The van der Waals surface area contributed by atoms with Gasteiger partial charge in [-0.1, -0.05) is 30.5 Å². The lowest BCUT2D eigenvalue weighted by atomic mass is 9.53. The molecule has 2 aliphatic carbocycles. The zero-order valence-corrected chi connectivity index (χ0v) is 13.9. The molecule has 0 amide bonds. The molecule has 116 valence electrons. The summed E-state index contributed by atoms with van der Waals surface area (Å²) in [5.74, 6) is 0. The van der Waals surface area contributed by atoms with Gasteiger partial charge in [-0.25, -0.2) is 0 Å². The van der Waals surface area contributed by atoms with Crippen molar-refractivity contribution < 1.29 is 5.11 Å². The molecule has 0 radical (unpaired) electrons. The minimum Gasteiger partial charge on any atom is -0.389 e. The number of rotatable bonds is 3. The highest BCUT2D eigenvalue weighted by atomic mass is 35.5. The van der Waals surface area contributed by atoms with Crippen LogP contribution in [-0.4, -0.2) is 36.2 Å². The molecule has 2 unspecified atom stereocenters. The number of aryl methyl sites for hydroxylation is 1. The Hall–Kier alpha value is -0.570. The number of nitrogens with zero attached hydrogens (tertiary/aromatic N) is 1. The van der Waals surface area contributed by atoms with Gasteiger partial charge < -0.3 is 10.0 Å². The zero-order valence-electron chi connectivity index (χ0n) is 13.2. The number of fused-ring (bicyclic) bond motifs is 3. The van der Waals surface area contributed by atoms with Crippen molar-refractivity contribution in [3.05, 3.63) is 34.3 Å². The number of hydrogen-bond donors (Lipinski definition) is 1. The predicted molar refractivity (Wildman–Crippen MR) is 88.0 cm³/mol. The monoisotopic (exact) mass is 307 g/mol. The van der Waals surface area contributed by atoms with Gasteiger partial charge in [0.2, 0.25) is 0 Å². The molecule has 0 saturated heterocycles. The van der Waals surface area contributed by atoms with E-state index in [0.29, 0.717) is 0 Å². The Balaban J connectivity index is 2.09. The van der Waals surface area contributed by atoms with Gasteiger partial charge in [-0.2, -0.15) is 0 Å². The van der Waals surface area contributed by atoms with Crippen LogP contribution in [0.1, 0.15) is 49.7 Å². The van der Waals surface area contributed by atoms with Crippen LogP contribution in [0, 0.1) is 0 Å². The molecule has 1 aromatic carbocycles. The second kappa shape index (κ2) is 5.57. The first-order valence-corrected chi connectivity index (χ1v) is 8.51. The molecule has 0 bridgehead atoms. The first kappa shape index (κ1) is 15.3. The van der Waals surface area contributed by atoms with Crippen molar-refractivity contribution in [1.82, 2.24) is 4.90 Å². The lowest BCUT2D eigenvalue weighted by Crippen LogP contribution is -2.57. The van der Waals surface area contributed by atoms with Gasteiger partial charge in [-0.3, -0.25) is 0 Å². The van der Waals surface area contributed by atoms with Crippen LogP contribution in [0.25, 0.3) is 0 Å². The summed E-state index contributed by atoms with van der Waals surface area (Å²) in [6, 6.07) is 6.29. The molecular formula is C18H26ClNO. The van der Waals surface area contributed by atoms with Crippen LogP contribution in [0.5, 0.6) is 0 Å². The maximum Gasteiger partial charge on any atom is 0.0747 e. The van der Waals surface area contributed by atoms with E-state index < -0.39 is 5.60 Å². The van der Waals surface area contributed by atoms with E-state index in [9.17, 15) is 5.11 Å². The predicted octanol–water partition coefficient (Wildman–Crippen LogP) is 3.78. The van der Waals surface area contributed by atoms with E-state index in [1.807, 2.05) is 6.07 Å². The Morgan fingerprint density at radius 3 is 2.71 bits per heavy atom. The van der Waals surface area contributed by atoms with Crippen LogP contribution >= 0.6 is 11.6 Å². The summed E-state index contributed by atoms with van der Waals surface area (Å²) in [5.41, 5.74) is 2.07. The fourth-order valence-electron chi connectivity index (χ4n) is 4.53. The summed E-state index contributed by atoms with van der Waals surface area (Å²) in [5, 5.41) is 12.2. The average Bonchev–Trinajstić information content (AvgIpc) is 2.45. The van der Waals surface area contributed by atoms with Crippen molar-refractivity contribution in [2.24, 2.45) is 0 Å². The molecule has 2 nitrogen and oxygen atoms in total. The fourth-order valence-corrected chi connectivity index (χ4v) is 4.70. The molecule has 1 aromatic rings. The Morgan fingerprint density at radius 2 is 1.95 bits per heavy atom. The van der Waals surface area contributed by atoms with E-state index >= 15 is 0 Å². The molecule has 2 aliphatic rings. The molecular weight excluding hydrogens is 282 g/mol. The van der Waals surface area contributed by atoms with E-state index in [1.165, 1.54) is 17.5 Å². The number of benzene rings is 1. The van der Waals surface area contributed by atoms with Crippen LogP contribution in [0.3, 0.4) is 0 Å². The van der Waals surface area contributed by atoms with Gasteiger partial charge in [-0.15, -0.1) is 0 Å². The lowest BCUT2D eigenvalue weighted by Gasteiger charge is -2.55. The topological polar surface area (TPSA) is 23.5 Å². The van der Waals surface area contributed by atoms with Gasteiger partial charge in [0, 0.05) is 10.4 Å². The van der Waals surface area contributed by atoms with E-state index in [0.717, 1.165) is 50.1 Å². The van der Waals surface area contributed by atoms with Crippen molar-refractivity contribution in [2.75, 3.05) is 20.6 Å². The van der Waals surface area contributed by atoms with Crippen LogP contribution in [0.4, 0.5) is 0 Å². The fraction of sp³-hybridized carbons (Fsp3) is 0.667. The van der Waals surface area contributed by atoms with Crippen molar-refractivity contribution >= 4 is 11.6 Å². The van der Waals surface area contributed by atoms with E-state index in [2.05, 4.69) is 31.1 Å². The molecule has 1 fully saturated rings. The molecule has 2 atom stereocenters. The first-order valence-electron chi connectivity index (χ1n) is 8.13. The van der Waals surface area contributed by atoms with Crippen LogP contribution in [0.2, 0.25) is 5.02 Å². The largest absolute Gasteiger partial charge is 0.389 e. The zero-order chi connectivity index (χ0) is 15.1. The molecule has 3 heteroatoms. The van der Waals surface area contributed by atoms with Crippen LogP contribution < -0.4 is 0 Å². The molecule has 0 heterocycles. The molecule has 1 N–H and O–H groups in total. The van der Waals surface area contributed by atoms with Crippen molar-refractivity contribution in [3.8, 4) is 0 Å². The van der Waals surface area contributed by atoms with Gasteiger partial charge in [-0.05, 0) is 76.0 Å². The molecule has 21 heavy (non-hydrogen) atoms. The molecule has 1 saturated carbocycles. The van der Waals surface area contributed by atoms with Crippen molar-refractivity contribution in [3.63, 3.8) is 0 Å². The van der Waals surface area contributed by atoms with Gasteiger partial charge in [0.1, 0.15) is 0 Å². The molecule has 0 aromatic heterocycles. The Morgan fingerprint density at radius 1 is 1.19 bits per heavy atom. The third-order valence-corrected chi connectivity index (χ3v) is 5.95. The standard InChI is InChI=1S/C18H26ClNO/c1-20(2)12-11-17-8-3-4-9-18(17,21)10-7-14-5-6-15(19)13-16(14)17/h5-6,13,21H,3-4,7-12H2,1-2H3. The maximum absolute atomic E-state index is 11.4. The summed E-state index contributed by atoms with van der Waals surface area (Å²) in [4.78, 5) is 2.22. The minimum absolute atomic E-state index is 0.103. The Bertz CT molecular complexity index is 530. The van der Waals surface area contributed by atoms with E-state index in [-0.39, 0.29) is 5.41 Å². The molecule has 0 spiro atoms.